The second-order valence-corrected chi connectivity index (χ2v) is 3.36. The predicted molar refractivity (Wildman–Crippen MR) is 56.3 cm³/mol. The molecule has 0 aromatic heterocycles. The van der Waals surface area contributed by atoms with Crippen molar-refractivity contribution >= 4 is 0 Å². The molecular weight excluding hydrogens is 182 g/mol. The van der Waals surface area contributed by atoms with Crippen molar-refractivity contribution in [3.8, 4) is 0 Å². The Bertz CT molecular complexity index is 112. The molecule has 0 rings (SSSR count). The van der Waals surface area contributed by atoms with E-state index in [0.29, 0.717) is 6.54 Å². The SMILES string of the molecule is CCCCOCCCNCC(O)CO. The zero-order chi connectivity index (χ0) is 10.6. The maximum Gasteiger partial charge on any atom is 0.0894 e. The van der Waals surface area contributed by atoms with Crippen LogP contribution < -0.4 is 5.32 Å². The van der Waals surface area contributed by atoms with Gasteiger partial charge in [0.1, 0.15) is 0 Å². The van der Waals surface area contributed by atoms with Crippen molar-refractivity contribution < 1.29 is 14.9 Å². The highest BCUT2D eigenvalue weighted by molar-refractivity contribution is 4.56. The fourth-order valence-corrected chi connectivity index (χ4v) is 0.981. The topological polar surface area (TPSA) is 61.7 Å². The minimum absolute atomic E-state index is 0.181. The summed E-state index contributed by atoms with van der Waals surface area (Å²) in [6.07, 6.45) is 2.59. The molecule has 0 saturated heterocycles. The van der Waals surface area contributed by atoms with Crippen LogP contribution >= 0.6 is 0 Å². The zero-order valence-corrected chi connectivity index (χ0v) is 9.04. The average molecular weight is 205 g/mol. The van der Waals surface area contributed by atoms with Crippen molar-refractivity contribution in [1.82, 2.24) is 5.32 Å². The first kappa shape index (κ1) is 13.8. The molecule has 0 aromatic rings. The number of hydrogen-bond donors (Lipinski definition) is 3. The monoisotopic (exact) mass is 205 g/mol. The molecule has 0 saturated carbocycles. The summed E-state index contributed by atoms with van der Waals surface area (Å²) in [6, 6.07) is 0. The van der Waals surface area contributed by atoms with E-state index in [1.807, 2.05) is 0 Å². The minimum Gasteiger partial charge on any atom is -0.394 e. The summed E-state index contributed by atoms with van der Waals surface area (Å²) >= 11 is 0. The lowest BCUT2D eigenvalue weighted by atomic mass is 10.3. The van der Waals surface area contributed by atoms with Crippen LogP contribution in [0, 0.1) is 0 Å². The molecule has 4 nitrogen and oxygen atoms in total. The second kappa shape index (κ2) is 10.9. The Hall–Kier alpha value is -0.160. The highest BCUT2D eigenvalue weighted by Gasteiger charge is 1.99. The van der Waals surface area contributed by atoms with Gasteiger partial charge in [0.15, 0.2) is 0 Å². The van der Waals surface area contributed by atoms with E-state index in [1.54, 1.807) is 0 Å². The molecule has 0 aromatic carbocycles. The first-order valence-electron chi connectivity index (χ1n) is 5.38. The molecule has 0 amide bonds. The van der Waals surface area contributed by atoms with Gasteiger partial charge >= 0.3 is 0 Å². The Morgan fingerprint density at radius 1 is 1.29 bits per heavy atom. The van der Waals surface area contributed by atoms with E-state index < -0.39 is 6.10 Å². The molecule has 0 heterocycles. The molecule has 1 unspecified atom stereocenters. The third-order valence-electron chi connectivity index (χ3n) is 1.88. The number of aliphatic hydroxyl groups is 2. The second-order valence-electron chi connectivity index (χ2n) is 3.36. The predicted octanol–water partition coefficient (Wildman–Crippen LogP) is 0.136. The van der Waals surface area contributed by atoms with Crippen LogP contribution in [0.2, 0.25) is 0 Å². The van der Waals surface area contributed by atoms with Crippen molar-refractivity contribution in [2.45, 2.75) is 32.3 Å². The summed E-state index contributed by atoms with van der Waals surface area (Å²) in [5, 5.41) is 20.5. The molecule has 0 aliphatic rings. The first-order chi connectivity index (χ1) is 6.81. The van der Waals surface area contributed by atoms with Crippen molar-refractivity contribution in [3.63, 3.8) is 0 Å². The third-order valence-corrected chi connectivity index (χ3v) is 1.88. The average Bonchev–Trinajstić information content (AvgIpc) is 2.21. The minimum atomic E-state index is -0.643. The maximum absolute atomic E-state index is 8.99. The molecule has 0 radical (unpaired) electrons. The van der Waals surface area contributed by atoms with E-state index in [-0.39, 0.29) is 6.61 Å². The van der Waals surface area contributed by atoms with Crippen LogP contribution in [-0.2, 0) is 4.74 Å². The van der Waals surface area contributed by atoms with E-state index in [0.717, 1.165) is 32.6 Å². The molecule has 4 heteroatoms. The Labute approximate surface area is 86.3 Å². The van der Waals surface area contributed by atoms with Crippen LogP contribution in [0.3, 0.4) is 0 Å². The van der Waals surface area contributed by atoms with Gasteiger partial charge in [0.2, 0.25) is 0 Å². The van der Waals surface area contributed by atoms with Crippen LogP contribution in [0.1, 0.15) is 26.2 Å². The van der Waals surface area contributed by atoms with E-state index in [9.17, 15) is 0 Å². The first-order valence-corrected chi connectivity index (χ1v) is 5.38. The largest absolute Gasteiger partial charge is 0.394 e. The molecule has 0 aliphatic carbocycles. The van der Waals surface area contributed by atoms with Gasteiger partial charge in [-0.15, -0.1) is 0 Å². The molecule has 0 spiro atoms. The fraction of sp³-hybridized carbons (Fsp3) is 1.00. The maximum atomic E-state index is 8.99. The van der Waals surface area contributed by atoms with E-state index >= 15 is 0 Å². The lowest BCUT2D eigenvalue weighted by Crippen LogP contribution is -2.30. The molecule has 3 N–H and O–H groups in total. The lowest BCUT2D eigenvalue weighted by Gasteiger charge is -2.08. The molecule has 0 bridgehead atoms. The number of ether oxygens (including phenoxy) is 1. The number of aliphatic hydroxyl groups excluding tert-OH is 2. The van der Waals surface area contributed by atoms with Crippen LogP contribution in [0.15, 0.2) is 0 Å². The number of hydrogen-bond acceptors (Lipinski definition) is 4. The van der Waals surface area contributed by atoms with Crippen molar-refractivity contribution in [2.75, 3.05) is 32.9 Å². The van der Waals surface area contributed by atoms with Crippen molar-refractivity contribution in [2.24, 2.45) is 0 Å². The summed E-state index contributed by atoms with van der Waals surface area (Å²) in [5.41, 5.74) is 0. The molecular formula is C10H23NO3. The van der Waals surface area contributed by atoms with E-state index in [1.165, 1.54) is 6.42 Å². The van der Waals surface area contributed by atoms with E-state index in [2.05, 4.69) is 12.2 Å². The van der Waals surface area contributed by atoms with Gasteiger partial charge in [0.05, 0.1) is 12.7 Å². The standard InChI is InChI=1S/C10H23NO3/c1-2-3-6-14-7-4-5-11-8-10(13)9-12/h10-13H,2-9H2,1H3. The molecule has 0 aliphatic heterocycles. The van der Waals surface area contributed by atoms with Gasteiger partial charge in [-0.25, -0.2) is 0 Å². The smallest absolute Gasteiger partial charge is 0.0894 e. The zero-order valence-electron chi connectivity index (χ0n) is 9.04. The third kappa shape index (κ3) is 9.92. The molecule has 1 atom stereocenters. The summed E-state index contributed by atoms with van der Waals surface area (Å²) in [7, 11) is 0. The fourth-order valence-electron chi connectivity index (χ4n) is 0.981. The van der Waals surface area contributed by atoms with Gasteiger partial charge in [-0.2, -0.15) is 0 Å². The summed E-state index contributed by atoms with van der Waals surface area (Å²) in [5.74, 6) is 0. The van der Waals surface area contributed by atoms with Crippen LogP contribution in [0.5, 0.6) is 0 Å². The van der Waals surface area contributed by atoms with Crippen LogP contribution in [-0.4, -0.2) is 49.2 Å². The summed E-state index contributed by atoms with van der Waals surface area (Å²) in [6.45, 7) is 4.84. The van der Waals surface area contributed by atoms with Gasteiger partial charge in [0, 0.05) is 19.8 Å². The Morgan fingerprint density at radius 2 is 2.00 bits per heavy atom. The summed E-state index contributed by atoms with van der Waals surface area (Å²) in [4.78, 5) is 0. The number of nitrogens with one attached hydrogen (secondary N) is 1. The number of rotatable bonds is 10. The van der Waals surface area contributed by atoms with Gasteiger partial charge in [-0.05, 0) is 19.4 Å². The van der Waals surface area contributed by atoms with Gasteiger partial charge in [-0.3, -0.25) is 0 Å². The molecule has 0 fully saturated rings. The van der Waals surface area contributed by atoms with Crippen molar-refractivity contribution in [3.05, 3.63) is 0 Å². The normalized spacial score (nSPS) is 13.1. The summed E-state index contributed by atoms with van der Waals surface area (Å²) < 4.78 is 5.36. The quantitative estimate of drug-likeness (QED) is 0.444. The van der Waals surface area contributed by atoms with Crippen molar-refractivity contribution in [1.29, 1.82) is 0 Å². The Balaban J connectivity index is 2.92. The Morgan fingerprint density at radius 3 is 2.64 bits per heavy atom. The highest BCUT2D eigenvalue weighted by atomic mass is 16.5. The number of unbranched alkanes of at least 4 members (excludes halogenated alkanes) is 1. The van der Waals surface area contributed by atoms with E-state index in [4.69, 9.17) is 14.9 Å². The van der Waals surface area contributed by atoms with Gasteiger partial charge < -0.3 is 20.3 Å². The highest BCUT2D eigenvalue weighted by Crippen LogP contribution is 1.89. The molecule has 14 heavy (non-hydrogen) atoms. The van der Waals surface area contributed by atoms with Crippen LogP contribution in [0.25, 0.3) is 0 Å². The van der Waals surface area contributed by atoms with Crippen LogP contribution in [0.4, 0.5) is 0 Å². The molecule has 86 valence electrons. The lowest BCUT2D eigenvalue weighted by molar-refractivity contribution is 0.0924. The Kier molecular flexibility index (Phi) is 10.8. The van der Waals surface area contributed by atoms with Gasteiger partial charge in [-0.1, -0.05) is 13.3 Å². The van der Waals surface area contributed by atoms with Gasteiger partial charge in [0.25, 0.3) is 0 Å².